The highest BCUT2D eigenvalue weighted by molar-refractivity contribution is 7.99. The number of nitrogens with one attached hydrogen (secondary N) is 1. The summed E-state index contributed by atoms with van der Waals surface area (Å²) in [6.07, 6.45) is 0.654. The van der Waals surface area contributed by atoms with Gasteiger partial charge >= 0.3 is 0 Å². The molecule has 26 heavy (non-hydrogen) atoms. The molecule has 2 heterocycles. The summed E-state index contributed by atoms with van der Waals surface area (Å²) in [5.74, 6) is 0.670. The summed E-state index contributed by atoms with van der Waals surface area (Å²) in [6, 6.07) is 7.88. The molecule has 0 saturated heterocycles. The van der Waals surface area contributed by atoms with Gasteiger partial charge in [0.1, 0.15) is 0 Å². The highest BCUT2D eigenvalue weighted by Crippen LogP contribution is 2.28. The average Bonchev–Trinajstić information content (AvgIpc) is 2.62. The fraction of sp³-hybridized carbons (Fsp3) is 0.450. The maximum Gasteiger partial charge on any atom is 0.257 e. The molecule has 138 valence electrons. The van der Waals surface area contributed by atoms with Crippen LogP contribution >= 0.6 is 11.8 Å². The first-order valence-corrected chi connectivity index (χ1v) is 10.0. The molecule has 0 spiro atoms. The van der Waals surface area contributed by atoms with Gasteiger partial charge in [0.25, 0.3) is 5.56 Å². The second-order valence-electron chi connectivity index (χ2n) is 6.97. The van der Waals surface area contributed by atoms with Gasteiger partial charge in [0.2, 0.25) is 5.91 Å². The molecule has 3 rings (SSSR count). The van der Waals surface area contributed by atoms with Crippen molar-refractivity contribution in [2.45, 2.75) is 51.7 Å². The van der Waals surface area contributed by atoms with Crippen LogP contribution in [0.5, 0.6) is 0 Å². The third-order valence-corrected chi connectivity index (χ3v) is 5.95. The highest BCUT2D eigenvalue weighted by atomic mass is 32.2. The molecule has 1 unspecified atom stereocenters. The number of para-hydroxylation sites is 1. The Labute approximate surface area is 158 Å². The molecule has 1 atom stereocenters. The van der Waals surface area contributed by atoms with Crippen LogP contribution in [-0.4, -0.2) is 21.2 Å². The van der Waals surface area contributed by atoms with E-state index < -0.39 is 0 Å². The Morgan fingerprint density at radius 2 is 2.12 bits per heavy atom. The highest BCUT2D eigenvalue weighted by Gasteiger charge is 2.28. The zero-order chi connectivity index (χ0) is 18.8. The van der Waals surface area contributed by atoms with Gasteiger partial charge in [0.05, 0.1) is 5.92 Å². The van der Waals surface area contributed by atoms with Crippen LogP contribution in [0.25, 0.3) is 0 Å². The van der Waals surface area contributed by atoms with Crippen LogP contribution < -0.4 is 10.9 Å². The van der Waals surface area contributed by atoms with E-state index in [1.807, 2.05) is 38.1 Å². The number of aryl methyl sites for hydroxylation is 1. The van der Waals surface area contributed by atoms with Gasteiger partial charge in [-0.2, -0.15) is 0 Å². The van der Waals surface area contributed by atoms with E-state index in [0.29, 0.717) is 24.6 Å². The van der Waals surface area contributed by atoms with Crippen molar-refractivity contribution >= 4 is 23.4 Å². The lowest BCUT2D eigenvalue weighted by atomic mass is 10.0. The predicted octanol–water partition coefficient (Wildman–Crippen LogP) is 3.60. The minimum atomic E-state index is -0.250. The van der Waals surface area contributed by atoms with E-state index in [9.17, 15) is 9.59 Å². The van der Waals surface area contributed by atoms with Crippen LogP contribution in [0.2, 0.25) is 0 Å². The molecule has 6 heteroatoms. The summed E-state index contributed by atoms with van der Waals surface area (Å²) >= 11 is 1.48. The van der Waals surface area contributed by atoms with Gasteiger partial charge in [-0.15, -0.1) is 0 Å². The number of aromatic nitrogens is 2. The number of amides is 1. The Morgan fingerprint density at radius 3 is 2.81 bits per heavy atom. The molecular formula is C20H25N3O2S. The number of rotatable bonds is 4. The molecule has 2 aromatic rings. The molecule has 0 bridgehead atoms. The van der Waals surface area contributed by atoms with Crippen molar-refractivity contribution in [3.8, 4) is 0 Å². The number of thioether (sulfide) groups is 1. The van der Waals surface area contributed by atoms with E-state index >= 15 is 0 Å². The Morgan fingerprint density at radius 1 is 1.38 bits per heavy atom. The van der Waals surface area contributed by atoms with Crippen molar-refractivity contribution in [3.05, 3.63) is 51.4 Å². The number of nitrogens with zero attached hydrogens (tertiary/aromatic N) is 2. The molecule has 0 fully saturated rings. The summed E-state index contributed by atoms with van der Waals surface area (Å²) in [5.41, 5.74) is 3.49. The molecule has 1 aliphatic rings. The molecule has 0 aliphatic carbocycles. The molecule has 1 amide bonds. The summed E-state index contributed by atoms with van der Waals surface area (Å²) < 4.78 is 1.67. The van der Waals surface area contributed by atoms with E-state index in [0.717, 1.165) is 27.7 Å². The number of carbonyl (C=O) groups excluding carboxylic acids is 1. The third kappa shape index (κ3) is 3.56. The number of carbonyl (C=O) groups is 1. The molecule has 1 aromatic carbocycles. The summed E-state index contributed by atoms with van der Waals surface area (Å²) in [7, 11) is 0. The first kappa shape index (κ1) is 18.7. The normalized spacial score (nSPS) is 16.4. The number of fused-ring (bicyclic) bond motifs is 1. The van der Waals surface area contributed by atoms with Crippen LogP contribution in [0, 0.1) is 12.8 Å². The maximum absolute atomic E-state index is 12.8. The van der Waals surface area contributed by atoms with Gasteiger partial charge in [-0.3, -0.25) is 14.2 Å². The number of benzene rings is 1. The largest absolute Gasteiger partial charge is 0.326 e. The van der Waals surface area contributed by atoms with Crippen molar-refractivity contribution in [2.75, 3.05) is 11.1 Å². The topological polar surface area (TPSA) is 64.0 Å². The lowest BCUT2D eigenvalue weighted by Gasteiger charge is -2.26. The van der Waals surface area contributed by atoms with Crippen molar-refractivity contribution in [2.24, 2.45) is 5.92 Å². The van der Waals surface area contributed by atoms with Crippen molar-refractivity contribution < 1.29 is 4.79 Å². The smallest absolute Gasteiger partial charge is 0.257 e. The lowest BCUT2D eigenvalue weighted by molar-refractivity contribution is -0.119. The van der Waals surface area contributed by atoms with Crippen molar-refractivity contribution in [1.29, 1.82) is 0 Å². The minimum Gasteiger partial charge on any atom is -0.326 e. The standard InChI is InChI=1S/C20H25N3O2S/c1-5-15-13(4)21-20-23(19(15)25)10-14(11-26-20)18(24)22-17-9-7-6-8-16(17)12(2)3/h6-9,12,14H,5,10-11H2,1-4H3,(H,22,24). The number of hydrogen-bond donors (Lipinski definition) is 1. The van der Waals surface area contributed by atoms with E-state index in [1.165, 1.54) is 11.8 Å². The van der Waals surface area contributed by atoms with Gasteiger partial charge in [-0.05, 0) is 30.9 Å². The second-order valence-corrected chi connectivity index (χ2v) is 7.95. The Hall–Kier alpha value is -2.08. The van der Waals surface area contributed by atoms with Gasteiger partial charge < -0.3 is 5.32 Å². The van der Waals surface area contributed by atoms with E-state index in [2.05, 4.69) is 24.1 Å². The fourth-order valence-corrected chi connectivity index (χ4v) is 4.43. The third-order valence-electron chi connectivity index (χ3n) is 4.82. The van der Waals surface area contributed by atoms with Gasteiger partial charge in [-0.1, -0.05) is 50.7 Å². The monoisotopic (exact) mass is 371 g/mol. The van der Waals surface area contributed by atoms with Crippen LogP contribution in [0.3, 0.4) is 0 Å². The quantitative estimate of drug-likeness (QED) is 0.834. The molecule has 1 aromatic heterocycles. The SMILES string of the molecule is CCc1c(C)nc2n(c1=O)CC(C(=O)Nc1ccccc1C(C)C)CS2. The van der Waals surface area contributed by atoms with Crippen molar-refractivity contribution in [3.63, 3.8) is 0 Å². The minimum absolute atomic E-state index is 0.0115. The summed E-state index contributed by atoms with van der Waals surface area (Å²) in [6.45, 7) is 8.44. The van der Waals surface area contributed by atoms with E-state index in [-0.39, 0.29) is 17.4 Å². The lowest BCUT2D eigenvalue weighted by Crippen LogP contribution is -2.38. The van der Waals surface area contributed by atoms with Crippen molar-refractivity contribution in [1.82, 2.24) is 9.55 Å². The van der Waals surface area contributed by atoms with E-state index in [1.54, 1.807) is 4.57 Å². The van der Waals surface area contributed by atoms with Gasteiger partial charge in [0, 0.05) is 29.2 Å². The second kappa shape index (κ2) is 7.66. The predicted molar refractivity (Wildman–Crippen MR) is 106 cm³/mol. The zero-order valence-electron chi connectivity index (χ0n) is 15.7. The molecule has 5 nitrogen and oxygen atoms in total. The molecular weight excluding hydrogens is 346 g/mol. The molecule has 0 radical (unpaired) electrons. The maximum atomic E-state index is 12.8. The average molecular weight is 372 g/mol. The Kier molecular flexibility index (Phi) is 5.51. The molecule has 1 N–H and O–H groups in total. The van der Waals surface area contributed by atoms with Crippen LogP contribution in [0.4, 0.5) is 5.69 Å². The number of hydrogen-bond acceptors (Lipinski definition) is 4. The Bertz CT molecular complexity index is 889. The number of anilines is 1. The summed E-state index contributed by atoms with van der Waals surface area (Å²) in [4.78, 5) is 30.1. The van der Waals surface area contributed by atoms with Gasteiger partial charge in [0.15, 0.2) is 5.16 Å². The van der Waals surface area contributed by atoms with Crippen LogP contribution in [-0.2, 0) is 17.8 Å². The fourth-order valence-electron chi connectivity index (χ4n) is 3.31. The van der Waals surface area contributed by atoms with Gasteiger partial charge in [-0.25, -0.2) is 4.98 Å². The van der Waals surface area contributed by atoms with Crippen LogP contribution in [0.15, 0.2) is 34.2 Å². The molecule has 1 aliphatic heterocycles. The first-order valence-electron chi connectivity index (χ1n) is 9.05. The summed E-state index contributed by atoms with van der Waals surface area (Å²) in [5, 5.41) is 3.78. The van der Waals surface area contributed by atoms with E-state index in [4.69, 9.17) is 0 Å². The zero-order valence-corrected chi connectivity index (χ0v) is 16.5. The van der Waals surface area contributed by atoms with Crippen LogP contribution in [0.1, 0.15) is 43.5 Å². The molecule has 0 saturated carbocycles. The first-order chi connectivity index (χ1) is 12.4. The Balaban J connectivity index is 1.83.